The van der Waals surface area contributed by atoms with Crippen molar-refractivity contribution in [3.8, 4) is 0 Å². The van der Waals surface area contributed by atoms with Crippen LogP contribution >= 0.6 is 0 Å². The van der Waals surface area contributed by atoms with Gasteiger partial charge in [-0.05, 0) is 62.1 Å². The van der Waals surface area contributed by atoms with E-state index in [9.17, 15) is 13.2 Å². The van der Waals surface area contributed by atoms with Gasteiger partial charge in [0.1, 0.15) is 0 Å². The van der Waals surface area contributed by atoms with Crippen LogP contribution in [0, 0.1) is 13.8 Å². The lowest BCUT2D eigenvalue weighted by atomic mass is 10.1. The van der Waals surface area contributed by atoms with Crippen molar-refractivity contribution in [2.75, 3.05) is 30.3 Å². The predicted octanol–water partition coefficient (Wildman–Crippen LogP) is 3.92. The highest BCUT2D eigenvalue weighted by Gasteiger charge is 2.24. The van der Waals surface area contributed by atoms with Crippen molar-refractivity contribution >= 4 is 27.3 Å². The van der Waals surface area contributed by atoms with Crippen LogP contribution < -0.4 is 10.6 Å². The van der Waals surface area contributed by atoms with E-state index in [0.717, 1.165) is 42.5 Å². The van der Waals surface area contributed by atoms with Gasteiger partial charge in [0, 0.05) is 24.5 Å². The van der Waals surface area contributed by atoms with Gasteiger partial charge in [-0.25, -0.2) is 8.42 Å². The zero-order chi connectivity index (χ0) is 20.9. The summed E-state index contributed by atoms with van der Waals surface area (Å²) < 4.78 is 27.2. The van der Waals surface area contributed by atoms with Gasteiger partial charge in [0.25, 0.3) is 0 Å². The number of aryl methyl sites for hydroxylation is 2. The summed E-state index contributed by atoms with van der Waals surface area (Å²) in [5.41, 5.74) is 3.57. The third kappa shape index (κ3) is 5.36. The Morgan fingerprint density at radius 1 is 0.931 bits per heavy atom. The highest BCUT2D eigenvalue weighted by atomic mass is 32.2. The van der Waals surface area contributed by atoms with Crippen LogP contribution in [-0.4, -0.2) is 38.3 Å². The van der Waals surface area contributed by atoms with E-state index in [2.05, 4.69) is 10.6 Å². The molecule has 1 fully saturated rings. The first-order valence-corrected chi connectivity index (χ1v) is 11.5. The number of hydrogen-bond acceptors (Lipinski definition) is 4. The van der Waals surface area contributed by atoms with Crippen LogP contribution in [0.4, 0.5) is 11.4 Å². The number of carbonyl (C=O) groups excluding carboxylic acids is 1. The van der Waals surface area contributed by atoms with E-state index in [-0.39, 0.29) is 12.5 Å². The van der Waals surface area contributed by atoms with Gasteiger partial charge in [-0.2, -0.15) is 4.31 Å². The molecule has 1 aliphatic rings. The number of nitrogens with zero attached hydrogens (tertiary/aromatic N) is 1. The molecule has 3 rings (SSSR count). The molecule has 1 amide bonds. The van der Waals surface area contributed by atoms with Gasteiger partial charge >= 0.3 is 0 Å². The minimum atomic E-state index is -3.46. The molecule has 0 aliphatic carbocycles. The van der Waals surface area contributed by atoms with Crippen LogP contribution in [0.5, 0.6) is 0 Å². The third-order valence-corrected chi connectivity index (χ3v) is 7.17. The smallest absolute Gasteiger partial charge is 0.243 e. The van der Waals surface area contributed by atoms with Crippen molar-refractivity contribution in [1.82, 2.24) is 4.31 Å². The number of anilines is 2. The van der Waals surface area contributed by atoms with E-state index < -0.39 is 10.0 Å². The number of amides is 1. The standard InChI is InChI=1S/C22H29N3O3S/c1-17-8-7-9-18(2)22(17)24-21(26)16-23-19-10-12-20(13-11-19)29(27,28)25-14-5-3-4-6-15-25/h7-13,23H,3-6,14-16H2,1-2H3,(H,24,26). The van der Waals surface area contributed by atoms with Crippen LogP contribution in [0.2, 0.25) is 0 Å². The molecule has 0 unspecified atom stereocenters. The molecule has 0 saturated carbocycles. The van der Waals surface area contributed by atoms with Gasteiger partial charge in [-0.3, -0.25) is 4.79 Å². The number of sulfonamides is 1. The molecule has 0 spiro atoms. The van der Waals surface area contributed by atoms with Crippen molar-refractivity contribution in [1.29, 1.82) is 0 Å². The maximum Gasteiger partial charge on any atom is 0.243 e. The zero-order valence-corrected chi connectivity index (χ0v) is 17.9. The Bertz CT molecular complexity index is 928. The third-order valence-electron chi connectivity index (χ3n) is 5.26. The second kappa shape index (κ2) is 9.41. The molecule has 1 saturated heterocycles. The van der Waals surface area contributed by atoms with E-state index in [0.29, 0.717) is 23.7 Å². The molecule has 6 nitrogen and oxygen atoms in total. The highest BCUT2D eigenvalue weighted by Crippen LogP contribution is 2.22. The Hall–Kier alpha value is -2.38. The van der Waals surface area contributed by atoms with Crippen molar-refractivity contribution in [2.24, 2.45) is 0 Å². The topological polar surface area (TPSA) is 78.5 Å². The molecular weight excluding hydrogens is 386 g/mol. The quantitative estimate of drug-likeness (QED) is 0.750. The summed E-state index contributed by atoms with van der Waals surface area (Å²) in [7, 11) is -3.46. The number of nitrogens with one attached hydrogen (secondary N) is 2. The van der Waals surface area contributed by atoms with Crippen LogP contribution in [0.3, 0.4) is 0 Å². The van der Waals surface area contributed by atoms with Gasteiger partial charge < -0.3 is 10.6 Å². The van der Waals surface area contributed by atoms with Crippen molar-refractivity contribution in [2.45, 2.75) is 44.4 Å². The lowest BCUT2D eigenvalue weighted by Crippen LogP contribution is -2.31. The van der Waals surface area contributed by atoms with Crippen molar-refractivity contribution in [3.63, 3.8) is 0 Å². The SMILES string of the molecule is Cc1cccc(C)c1NC(=O)CNc1ccc(S(=O)(=O)N2CCCCCC2)cc1. The number of benzene rings is 2. The second-order valence-electron chi connectivity index (χ2n) is 7.51. The van der Waals surface area contributed by atoms with Crippen LogP contribution in [0.25, 0.3) is 0 Å². The maximum absolute atomic E-state index is 12.8. The molecule has 0 aromatic heterocycles. The average molecular weight is 416 g/mol. The number of hydrogen-bond donors (Lipinski definition) is 2. The van der Waals surface area contributed by atoms with Gasteiger partial charge in [0.2, 0.25) is 15.9 Å². The van der Waals surface area contributed by atoms with Gasteiger partial charge in [-0.15, -0.1) is 0 Å². The lowest BCUT2D eigenvalue weighted by Gasteiger charge is -2.20. The van der Waals surface area contributed by atoms with Crippen LogP contribution in [0.1, 0.15) is 36.8 Å². The van der Waals surface area contributed by atoms with Crippen molar-refractivity contribution < 1.29 is 13.2 Å². The minimum absolute atomic E-state index is 0.103. The monoisotopic (exact) mass is 415 g/mol. The Labute approximate surface area is 173 Å². The second-order valence-corrected chi connectivity index (χ2v) is 9.45. The van der Waals surface area contributed by atoms with E-state index in [1.165, 1.54) is 0 Å². The first-order chi connectivity index (χ1) is 13.9. The summed E-state index contributed by atoms with van der Waals surface area (Å²) in [6.45, 7) is 5.19. The van der Waals surface area contributed by atoms with E-state index in [1.54, 1.807) is 28.6 Å². The number of para-hydroxylation sites is 1. The number of rotatable bonds is 6. The van der Waals surface area contributed by atoms with Gasteiger partial charge in [0.15, 0.2) is 0 Å². The van der Waals surface area contributed by atoms with Crippen molar-refractivity contribution in [3.05, 3.63) is 53.6 Å². The fourth-order valence-electron chi connectivity index (χ4n) is 3.55. The number of carbonyl (C=O) groups is 1. The first-order valence-electron chi connectivity index (χ1n) is 10.1. The maximum atomic E-state index is 12.8. The lowest BCUT2D eigenvalue weighted by molar-refractivity contribution is -0.114. The molecule has 0 atom stereocenters. The van der Waals surface area contributed by atoms with Gasteiger partial charge in [-0.1, -0.05) is 31.0 Å². The molecule has 156 valence electrons. The molecule has 0 radical (unpaired) electrons. The zero-order valence-electron chi connectivity index (χ0n) is 17.1. The summed E-state index contributed by atoms with van der Waals surface area (Å²) in [6.07, 6.45) is 3.99. The molecule has 2 N–H and O–H groups in total. The average Bonchev–Trinajstić information content (AvgIpc) is 3.00. The summed E-state index contributed by atoms with van der Waals surface area (Å²) in [5.74, 6) is -0.149. The summed E-state index contributed by atoms with van der Waals surface area (Å²) in [6, 6.07) is 12.5. The molecule has 29 heavy (non-hydrogen) atoms. The normalized spacial score (nSPS) is 15.5. The molecule has 1 aliphatic heterocycles. The van der Waals surface area contributed by atoms with Crippen LogP contribution in [0.15, 0.2) is 47.4 Å². The Kier molecular flexibility index (Phi) is 6.92. The fourth-order valence-corrected chi connectivity index (χ4v) is 5.07. The largest absolute Gasteiger partial charge is 0.376 e. The van der Waals surface area contributed by atoms with E-state index >= 15 is 0 Å². The Morgan fingerprint density at radius 2 is 1.52 bits per heavy atom. The minimum Gasteiger partial charge on any atom is -0.376 e. The van der Waals surface area contributed by atoms with E-state index in [1.807, 2.05) is 32.0 Å². The molecular formula is C22H29N3O3S. The Balaban J connectivity index is 1.59. The molecule has 2 aromatic carbocycles. The van der Waals surface area contributed by atoms with Crippen LogP contribution in [-0.2, 0) is 14.8 Å². The van der Waals surface area contributed by atoms with E-state index in [4.69, 9.17) is 0 Å². The molecule has 1 heterocycles. The predicted molar refractivity (Wildman–Crippen MR) is 117 cm³/mol. The molecule has 7 heteroatoms. The molecule has 2 aromatic rings. The fraction of sp³-hybridized carbons (Fsp3) is 0.409. The Morgan fingerprint density at radius 3 is 2.10 bits per heavy atom. The summed E-state index contributed by atoms with van der Waals surface area (Å²) >= 11 is 0. The highest BCUT2D eigenvalue weighted by molar-refractivity contribution is 7.89. The molecule has 0 bridgehead atoms. The first kappa shape index (κ1) is 21.3. The van der Waals surface area contributed by atoms with Gasteiger partial charge in [0.05, 0.1) is 11.4 Å². The summed E-state index contributed by atoms with van der Waals surface area (Å²) in [4.78, 5) is 12.6. The summed E-state index contributed by atoms with van der Waals surface area (Å²) in [5, 5.41) is 5.98.